The Labute approximate surface area is 202 Å². The standard InChI is InChI=1S/C22H19Cl2F2N5O3/c23-11-3-15(21(32)27-6-11)18-9-30-1-2-31(8-13(30)10-34-18)22(33)16-5-12(25)4-14(19(16)24)17-7-28-29-20(17)26/h3-7,13,18H,1-2,8-10H2,(H,27,32)(H,28,29)/t13-,18-/m0/s1. The van der Waals surface area contributed by atoms with Crippen LogP contribution >= 0.6 is 23.2 Å². The van der Waals surface area contributed by atoms with E-state index in [0.29, 0.717) is 43.4 Å². The average molecular weight is 510 g/mol. The third kappa shape index (κ3) is 4.22. The summed E-state index contributed by atoms with van der Waals surface area (Å²) in [5, 5.41) is 6.10. The highest BCUT2D eigenvalue weighted by Crippen LogP contribution is 2.34. The van der Waals surface area contributed by atoms with Gasteiger partial charge in [-0.25, -0.2) is 4.39 Å². The van der Waals surface area contributed by atoms with Crippen LogP contribution in [0.5, 0.6) is 0 Å². The summed E-state index contributed by atoms with van der Waals surface area (Å²) < 4.78 is 34.3. The molecule has 4 heterocycles. The van der Waals surface area contributed by atoms with Crippen LogP contribution in [0.1, 0.15) is 22.0 Å². The minimum absolute atomic E-state index is 0.0221. The number of nitrogens with one attached hydrogen (secondary N) is 2. The Morgan fingerprint density at radius 3 is 2.74 bits per heavy atom. The molecular formula is C22H19Cl2F2N5O3. The van der Waals surface area contributed by atoms with Gasteiger partial charge in [0.25, 0.3) is 11.5 Å². The molecule has 12 heteroatoms. The maximum Gasteiger partial charge on any atom is 0.255 e. The molecule has 2 N–H and O–H groups in total. The predicted molar refractivity (Wildman–Crippen MR) is 121 cm³/mol. The maximum atomic E-state index is 14.3. The number of carbonyl (C=O) groups is 1. The summed E-state index contributed by atoms with van der Waals surface area (Å²) in [6.45, 7) is 2.00. The minimum atomic E-state index is -0.771. The van der Waals surface area contributed by atoms with E-state index in [9.17, 15) is 18.4 Å². The van der Waals surface area contributed by atoms with Gasteiger partial charge in [-0.15, -0.1) is 0 Å². The smallest absolute Gasteiger partial charge is 0.255 e. The highest BCUT2D eigenvalue weighted by atomic mass is 35.5. The molecule has 178 valence electrons. The average Bonchev–Trinajstić information content (AvgIpc) is 3.26. The van der Waals surface area contributed by atoms with Gasteiger partial charge in [0.05, 0.1) is 40.0 Å². The Morgan fingerprint density at radius 2 is 1.97 bits per heavy atom. The number of hydrogen-bond acceptors (Lipinski definition) is 5. The quantitative estimate of drug-likeness (QED) is 0.565. The number of H-pyrrole nitrogens is 2. The van der Waals surface area contributed by atoms with Crippen LogP contribution in [0.3, 0.4) is 0 Å². The van der Waals surface area contributed by atoms with E-state index >= 15 is 0 Å². The summed E-state index contributed by atoms with van der Waals surface area (Å²) in [6.07, 6.45) is 2.17. The number of pyridine rings is 1. The number of morpholine rings is 1. The number of hydrogen-bond donors (Lipinski definition) is 2. The van der Waals surface area contributed by atoms with Crippen molar-refractivity contribution in [2.75, 3.05) is 32.8 Å². The van der Waals surface area contributed by atoms with Crippen LogP contribution in [-0.2, 0) is 4.74 Å². The fourth-order valence-corrected chi connectivity index (χ4v) is 4.90. The number of aromatic amines is 2. The van der Waals surface area contributed by atoms with E-state index in [0.717, 1.165) is 12.1 Å². The SMILES string of the molecule is O=C(c1cc(F)cc(-c2cn[nH]c2F)c1Cl)N1CCN2C[C@@H](c3cc(Cl)c[nH]c3=O)OC[C@@H]2C1. The summed E-state index contributed by atoms with van der Waals surface area (Å²) >= 11 is 12.4. The van der Waals surface area contributed by atoms with Crippen LogP contribution in [0, 0.1) is 11.8 Å². The lowest BCUT2D eigenvalue weighted by Crippen LogP contribution is -2.59. The van der Waals surface area contributed by atoms with Gasteiger partial charge >= 0.3 is 0 Å². The summed E-state index contributed by atoms with van der Waals surface area (Å²) in [5.41, 5.74) is 0.171. The van der Waals surface area contributed by atoms with Gasteiger partial charge in [0.15, 0.2) is 0 Å². The Bertz CT molecular complexity index is 1310. The third-order valence-electron chi connectivity index (χ3n) is 6.18. The van der Waals surface area contributed by atoms with Crippen molar-refractivity contribution in [2.24, 2.45) is 0 Å². The molecule has 1 amide bonds. The number of carbonyl (C=O) groups excluding carboxylic acids is 1. The first-order valence-corrected chi connectivity index (χ1v) is 11.3. The zero-order chi connectivity index (χ0) is 24.0. The van der Waals surface area contributed by atoms with Gasteiger partial charge in [-0.05, 0) is 18.2 Å². The Morgan fingerprint density at radius 1 is 1.15 bits per heavy atom. The number of benzene rings is 1. The molecule has 0 unspecified atom stereocenters. The van der Waals surface area contributed by atoms with Crippen molar-refractivity contribution < 1.29 is 18.3 Å². The summed E-state index contributed by atoms with van der Waals surface area (Å²) in [7, 11) is 0. The molecule has 2 aliphatic rings. The first-order valence-electron chi connectivity index (χ1n) is 10.5. The van der Waals surface area contributed by atoms with Crippen molar-refractivity contribution in [2.45, 2.75) is 12.1 Å². The van der Waals surface area contributed by atoms with Crippen LogP contribution < -0.4 is 5.56 Å². The van der Waals surface area contributed by atoms with Crippen LogP contribution in [0.15, 0.2) is 35.4 Å². The van der Waals surface area contributed by atoms with Crippen LogP contribution in [0.2, 0.25) is 10.0 Å². The molecule has 34 heavy (non-hydrogen) atoms. The normalized spacial score (nSPS) is 20.9. The van der Waals surface area contributed by atoms with Gasteiger partial charge in [0, 0.05) is 43.5 Å². The molecular weight excluding hydrogens is 491 g/mol. The Balaban J connectivity index is 1.33. The highest BCUT2D eigenvalue weighted by molar-refractivity contribution is 6.36. The number of amides is 1. The van der Waals surface area contributed by atoms with Crippen molar-refractivity contribution >= 4 is 29.1 Å². The molecule has 5 rings (SSSR count). The third-order valence-corrected chi connectivity index (χ3v) is 6.80. The molecule has 2 fully saturated rings. The second-order valence-electron chi connectivity index (χ2n) is 8.24. The zero-order valence-corrected chi connectivity index (χ0v) is 19.2. The topological polar surface area (TPSA) is 94.3 Å². The van der Waals surface area contributed by atoms with Crippen molar-refractivity contribution in [1.29, 1.82) is 0 Å². The van der Waals surface area contributed by atoms with Crippen molar-refractivity contribution in [3.8, 4) is 11.1 Å². The molecule has 0 bridgehead atoms. The second-order valence-corrected chi connectivity index (χ2v) is 9.05. The number of fused-ring (bicyclic) bond motifs is 1. The number of aromatic nitrogens is 3. The van der Waals surface area contributed by atoms with Crippen LogP contribution in [0.25, 0.3) is 11.1 Å². The van der Waals surface area contributed by atoms with E-state index in [1.165, 1.54) is 12.4 Å². The zero-order valence-electron chi connectivity index (χ0n) is 17.7. The molecule has 2 aromatic heterocycles. The first kappa shape index (κ1) is 23.0. The second kappa shape index (κ2) is 9.10. The van der Waals surface area contributed by atoms with Gasteiger partial charge in [0.1, 0.15) is 11.9 Å². The number of piperazine rings is 1. The van der Waals surface area contributed by atoms with Gasteiger partial charge < -0.3 is 14.6 Å². The van der Waals surface area contributed by atoms with Crippen LogP contribution in [0.4, 0.5) is 8.78 Å². The van der Waals surface area contributed by atoms with Gasteiger partial charge in [-0.3, -0.25) is 19.6 Å². The lowest BCUT2D eigenvalue weighted by Gasteiger charge is -2.46. The lowest BCUT2D eigenvalue weighted by atomic mass is 10.0. The van der Waals surface area contributed by atoms with E-state index in [1.807, 2.05) is 0 Å². The van der Waals surface area contributed by atoms with E-state index in [2.05, 4.69) is 20.1 Å². The number of halogens is 4. The Kier molecular flexibility index (Phi) is 6.15. The van der Waals surface area contributed by atoms with E-state index < -0.39 is 23.8 Å². The molecule has 2 atom stereocenters. The molecule has 8 nitrogen and oxygen atoms in total. The predicted octanol–water partition coefficient (Wildman–Crippen LogP) is 3.25. The Hall–Kier alpha value is -2.79. The first-order chi connectivity index (χ1) is 16.3. The van der Waals surface area contributed by atoms with E-state index in [-0.39, 0.29) is 33.3 Å². The molecule has 3 aromatic rings. The molecule has 0 spiro atoms. The number of rotatable bonds is 3. The van der Waals surface area contributed by atoms with Crippen molar-refractivity contribution in [3.63, 3.8) is 0 Å². The summed E-state index contributed by atoms with van der Waals surface area (Å²) in [6, 6.07) is 3.61. The maximum absolute atomic E-state index is 14.3. The van der Waals surface area contributed by atoms with Gasteiger partial charge in [-0.1, -0.05) is 23.2 Å². The van der Waals surface area contributed by atoms with E-state index in [1.54, 1.807) is 11.0 Å². The van der Waals surface area contributed by atoms with Crippen molar-refractivity contribution in [3.05, 3.63) is 73.9 Å². The largest absolute Gasteiger partial charge is 0.370 e. The summed E-state index contributed by atoms with van der Waals surface area (Å²) in [4.78, 5) is 31.8. The molecule has 0 radical (unpaired) electrons. The highest BCUT2D eigenvalue weighted by Gasteiger charge is 2.37. The van der Waals surface area contributed by atoms with Gasteiger partial charge in [-0.2, -0.15) is 9.49 Å². The molecule has 0 aliphatic carbocycles. The van der Waals surface area contributed by atoms with Crippen LogP contribution in [-0.4, -0.2) is 69.7 Å². The molecule has 1 aromatic carbocycles. The monoisotopic (exact) mass is 509 g/mol. The molecule has 2 saturated heterocycles. The van der Waals surface area contributed by atoms with E-state index in [4.69, 9.17) is 27.9 Å². The lowest BCUT2D eigenvalue weighted by molar-refractivity contribution is -0.0862. The fraction of sp³-hybridized carbons (Fsp3) is 0.318. The fourth-order valence-electron chi connectivity index (χ4n) is 4.44. The summed E-state index contributed by atoms with van der Waals surface area (Å²) in [5.74, 6) is -1.94. The van der Waals surface area contributed by atoms with Gasteiger partial charge in [0.2, 0.25) is 5.95 Å². The molecule has 0 saturated carbocycles. The number of ether oxygens (including phenoxy) is 1. The number of nitrogens with zero attached hydrogens (tertiary/aromatic N) is 3. The molecule has 2 aliphatic heterocycles. The van der Waals surface area contributed by atoms with Crippen molar-refractivity contribution in [1.82, 2.24) is 25.0 Å². The minimum Gasteiger partial charge on any atom is -0.370 e.